The summed E-state index contributed by atoms with van der Waals surface area (Å²) < 4.78 is 7.71. The van der Waals surface area contributed by atoms with Gasteiger partial charge in [-0.05, 0) is 31.7 Å². The Morgan fingerprint density at radius 1 is 1.45 bits per heavy atom. The van der Waals surface area contributed by atoms with Gasteiger partial charge in [-0.1, -0.05) is 19.8 Å². The van der Waals surface area contributed by atoms with E-state index in [1.54, 1.807) is 0 Å². The standard InChI is InChI=1S/C16H26N4O2/c1-12-4-2-3-5-14(12)22-11-16(21)18-15-7-9-20(19-15)13-6-8-17-10-13/h7,9,12-14,17H,2-6,8,10-11H2,1H3,(H,18,19,21)/t12-,13+,14-/m1/s1. The van der Waals surface area contributed by atoms with Gasteiger partial charge in [-0.15, -0.1) is 0 Å². The number of amides is 1. The van der Waals surface area contributed by atoms with Crippen LogP contribution in [-0.4, -0.2) is 41.5 Å². The molecule has 6 heteroatoms. The highest BCUT2D eigenvalue weighted by Crippen LogP contribution is 2.26. The predicted octanol–water partition coefficient (Wildman–Crippen LogP) is 1.95. The first kappa shape index (κ1) is 15.5. The van der Waals surface area contributed by atoms with Crippen LogP contribution in [0.4, 0.5) is 5.82 Å². The van der Waals surface area contributed by atoms with Crippen molar-refractivity contribution in [3.05, 3.63) is 12.3 Å². The molecular formula is C16H26N4O2. The van der Waals surface area contributed by atoms with Crippen LogP contribution >= 0.6 is 0 Å². The average molecular weight is 306 g/mol. The summed E-state index contributed by atoms with van der Waals surface area (Å²) in [6.45, 7) is 4.29. The molecule has 0 unspecified atom stereocenters. The van der Waals surface area contributed by atoms with E-state index in [-0.39, 0.29) is 18.6 Å². The van der Waals surface area contributed by atoms with Gasteiger partial charge in [-0.2, -0.15) is 5.10 Å². The first-order chi connectivity index (χ1) is 10.7. The summed E-state index contributed by atoms with van der Waals surface area (Å²) in [7, 11) is 0. The first-order valence-corrected chi connectivity index (χ1v) is 8.39. The zero-order valence-electron chi connectivity index (χ0n) is 13.3. The van der Waals surface area contributed by atoms with E-state index in [0.29, 0.717) is 17.8 Å². The summed E-state index contributed by atoms with van der Waals surface area (Å²) in [5.41, 5.74) is 0. The summed E-state index contributed by atoms with van der Waals surface area (Å²) in [6.07, 6.45) is 7.98. The van der Waals surface area contributed by atoms with Crippen LogP contribution in [0.3, 0.4) is 0 Å². The van der Waals surface area contributed by atoms with Gasteiger partial charge in [0.1, 0.15) is 6.61 Å². The van der Waals surface area contributed by atoms with Gasteiger partial charge in [0.15, 0.2) is 5.82 Å². The highest BCUT2D eigenvalue weighted by Gasteiger charge is 2.23. The van der Waals surface area contributed by atoms with Crippen LogP contribution in [0.25, 0.3) is 0 Å². The second-order valence-electron chi connectivity index (χ2n) is 6.49. The highest BCUT2D eigenvalue weighted by molar-refractivity contribution is 5.90. The molecule has 0 bridgehead atoms. The monoisotopic (exact) mass is 306 g/mol. The van der Waals surface area contributed by atoms with Crippen molar-refractivity contribution in [1.29, 1.82) is 0 Å². The van der Waals surface area contributed by atoms with Crippen molar-refractivity contribution in [2.45, 2.75) is 51.2 Å². The number of carbonyl (C=O) groups excluding carboxylic acids is 1. The van der Waals surface area contributed by atoms with Crippen molar-refractivity contribution in [1.82, 2.24) is 15.1 Å². The molecule has 1 aliphatic heterocycles. The molecule has 2 N–H and O–H groups in total. The average Bonchev–Trinajstić information content (AvgIpc) is 3.17. The Morgan fingerprint density at radius 3 is 3.09 bits per heavy atom. The van der Waals surface area contributed by atoms with Crippen molar-refractivity contribution >= 4 is 11.7 Å². The molecule has 2 fully saturated rings. The molecule has 6 nitrogen and oxygen atoms in total. The van der Waals surface area contributed by atoms with Crippen LogP contribution in [0.15, 0.2) is 12.3 Å². The Bertz CT molecular complexity index is 496. The third kappa shape index (κ3) is 3.87. The van der Waals surface area contributed by atoms with Gasteiger partial charge in [0.05, 0.1) is 12.1 Å². The minimum absolute atomic E-state index is 0.118. The molecule has 3 rings (SSSR count). The van der Waals surface area contributed by atoms with Gasteiger partial charge >= 0.3 is 0 Å². The zero-order valence-corrected chi connectivity index (χ0v) is 13.3. The van der Waals surface area contributed by atoms with E-state index in [9.17, 15) is 4.79 Å². The maximum Gasteiger partial charge on any atom is 0.251 e. The Balaban J connectivity index is 1.45. The summed E-state index contributed by atoms with van der Waals surface area (Å²) in [5, 5.41) is 10.6. The van der Waals surface area contributed by atoms with E-state index in [2.05, 4.69) is 22.7 Å². The Labute approximate surface area is 131 Å². The number of aromatic nitrogens is 2. The molecule has 0 aromatic carbocycles. The minimum Gasteiger partial charge on any atom is -0.368 e. The van der Waals surface area contributed by atoms with Gasteiger partial charge in [0, 0.05) is 18.8 Å². The summed E-state index contributed by atoms with van der Waals surface area (Å²) in [4.78, 5) is 12.0. The van der Waals surface area contributed by atoms with Crippen molar-refractivity contribution in [3.8, 4) is 0 Å². The van der Waals surface area contributed by atoms with Crippen molar-refractivity contribution in [2.24, 2.45) is 5.92 Å². The molecule has 1 amide bonds. The highest BCUT2D eigenvalue weighted by atomic mass is 16.5. The second-order valence-corrected chi connectivity index (χ2v) is 6.49. The van der Waals surface area contributed by atoms with Crippen LogP contribution in [-0.2, 0) is 9.53 Å². The molecule has 22 heavy (non-hydrogen) atoms. The summed E-state index contributed by atoms with van der Waals surface area (Å²) in [6, 6.07) is 2.24. The van der Waals surface area contributed by atoms with E-state index in [0.717, 1.165) is 25.9 Å². The van der Waals surface area contributed by atoms with Crippen LogP contribution < -0.4 is 10.6 Å². The van der Waals surface area contributed by atoms with Crippen molar-refractivity contribution in [3.63, 3.8) is 0 Å². The molecule has 2 heterocycles. The van der Waals surface area contributed by atoms with E-state index in [1.807, 2.05) is 16.9 Å². The Morgan fingerprint density at radius 2 is 2.32 bits per heavy atom. The van der Waals surface area contributed by atoms with Gasteiger partial charge < -0.3 is 15.4 Å². The quantitative estimate of drug-likeness (QED) is 0.872. The maximum absolute atomic E-state index is 12.0. The largest absolute Gasteiger partial charge is 0.368 e. The number of hydrogen-bond donors (Lipinski definition) is 2. The maximum atomic E-state index is 12.0. The molecule has 3 atom stereocenters. The first-order valence-electron chi connectivity index (χ1n) is 8.39. The van der Waals surface area contributed by atoms with Gasteiger partial charge in [0.25, 0.3) is 5.91 Å². The Kier molecular flexibility index (Phi) is 5.10. The molecule has 1 saturated heterocycles. The molecular weight excluding hydrogens is 280 g/mol. The lowest BCUT2D eigenvalue weighted by molar-refractivity contribution is -0.124. The summed E-state index contributed by atoms with van der Waals surface area (Å²) in [5.74, 6) is 1.04. The summed E-state index contributed by atoms with van der Waals surface area (Å²) >= 11 is 0. The number of ether oxygens (including phenoxy) is 1. The van der Waals surface area contributed by atoms with Crippen LogP contribution in [0.1, 0.15) is 45.1 Å². The fraction of sp³-hybridized carbons (Fsp3) is 0.750. The van der Waals surface area contributed by atoms with E-state index in [4.69, 9.17) is 4.74 Å². The molecule has 2 aliphatic rings. The zero-order chi connectivity index (χ0) is 15.4. The van der Waals surface area contributed by atoms with E-state index < -0.39 is 0 Å². The molecule has 122 valence electrons. The van der Waals surface area contributed by atoms with Crippen molar-refractivity contribution < 1.29 is 9.53 Å². The smallest absolute Gasteiger partial charge is 0.251 e. The normalized spacial score (nSPS) is 28.7. The minimum atomic E-state index is -0.118. The van der Waals surface area contributed by atoms with E-state index >= 15 is 0 Å². The predicted molar refractivity (Wildman–Crippen MR) is 84.8 cm³/mol. The Hall–Kier alpha value is -1.40. The molecule has 0 spiro atoms. The lowest BCUT2D eigenvalue weighted by Gasteiger charge is -2.28. The fourth-order valence-electron chi connectivity index (χ4n) is 3.36. The van der Waals surface area contributed by atoms with Crippen LogP contribution in [0.2, 0.25) is 0 Å². The topological polar surface area (TPSA) is 68.2 Å². The van der Waals surface area contributed by atoms with Crippen LogP contribution in [0.5, 0.6) is 0 Å². The van der Waals surface area contributed by atoms with E-state index in [1.165, 1.54) is 19.3 Å². The number of hydrogen-bond acceptors (Lipinski definition) is 4. The lowest BCUT2D eigenvalue weighted by atomic mass is 9.88. The van der Waals surface area contributed by atoms with Crippen molar-refractivity contribution in [2.75, 3.05) is 25.0 Å². The SMILES string of the molecule is C[C@@H]1CCCC[C@H]1OCC(=O)Nc1ccn([C@H]2CCNC2)n1. The number of carbonyl (C=O) groups is 1. The molecule has 0 radical (unpaired) electrons. The second kappa shape index (κ2) is 7.24. The van der Waals surface area contributed by atoms with Gasteiger partial charge in [-0.25, -0.2) is 0 Å². The number of nitrogens with one attached hydrogen (secondary N) is 2. The number of anilines is 1. The van der Waals surface area contributed by atoms with Crippen LogP contribution in [0, 0.1) is 5.92 Å². The molecule has 1 aliphatic carbocycles. The number of nitrogens with zero attached hydrogens (tertiary/aromatic N) is 2. The molecule has 1 aromatic rings. The number of rotatable bonds is 5. The lowest BCUT2D eigenvalue weighted by Crippen LogP contribution is -2.29. The van der Waals surface area contributed by atoms with Gasteiger partial charge in [-0.3, -0.25) is 9.48 Å². The molecule has 1 aromatic heterocycles. The fourth-order valence-corrected chi connectivity index (χ4v) is 3.36. The molecule has 1 saturated carbocycles. The van der Waals surface area contributed by atoms with Gasteiger partial charge in [0.2, 0.25) is 0 Å². The third-order valence-corrected chi connectivity index (χ3v) is 4.75. The third-order valence-electron chi connectivity index (χ3n) is 4.75.